The van der Waals surface area contributed by atoms with Gasteiger partial charge in [0.05, 0.1) is 12.0 Å². The maximum absolute atomic E-state index is 13.4. The molecule has 0 aromatic carbocycles. The maximum atomic E-state index is 13.4. The Morgan fingerprint density at radius 2 is 2.16 bits per heavy atom. The van der Waals surface area contributed by atoms with Crippen molar-refractivity contribution in [3.8, 4) is 6.07 Å². The van der Waals surface area contributed by atoms with E-state index in [0.29, 0.717) is 19.6 Å². The van der Waals surface area contributed by atoms with E-state index in [-0.39, 0.29) is 30.0 Å². The van der Waals surface area contributed by atoms with Crippen LogP contribution in [0.15, 0.2) is 6.07 Å². The number of nitriles is 1. The van der Waals surface area contributed by atoms with Crippen LogP contribution in [0, 0.1) is 17.2 Å². The molecule has 2 saturated heterocycles. The van der Waals surface area contributed by atoms with Crippen molar-refractivity contribution in [1.29, 1.82) is 5.26 Å². The van der Waals surface area contributed by atoms with Gasteiger partial charge in [-0.3, -0.25) is 4.79 Å². The van der Waals surface area contributed by atoms with Crippen molar-refractivity contribution >= 4 is 17.6 Å². The molecule has 0 amide bonds. The van der Waals surface area contributed by atoms with E-state index in [9.17, 15) is 23.2 Å². The van der Waals surface area contributed by atoms with Crippen molar-refractivity contribution in [2.75, 3.05) is 29.4 Å². The fraction of sp³-hybridized carbons (Fsp3) is 0.562. The van der Waals surface area contributed by atoms with Gasteiger partial charge in [-0.25, -0.2) is 4.98 Å². The molecule has 0 spiro atoms. The van der Waals surface area contributed by atoms with Gasteiger partial charge < -0.3 is 14.9 Å². The normalized spacial score (nSPS) is 20.7. The summed E-state index contributed by atoms with van der Waals surface area (Å²) in [6, 6.07) is 2.58. The lowest BCUT2D eigenvalue weighted by Crippen LogP contribution is -2.49. The highest BCUT2D eigenvalue weighted by molar-refractivity contribution is 5.68. The minimum Gasteiger partial charge on any atom is -0.481 e. The number of rotatable bonds is 4. The zero-order valence-electron chi connectivity index (χ0n) is 13.5. The van der Waals surface area contributed by atoms with Gasteiger partial charge in [-0.15, -0.1) is 0 Å². The average Bonchev–Trinajstić information content (AvgIpc) is 2.47. The zero-order chi connectivity index (χ0) is 18.4. The molecule has 0 aliphatic carbocycles. The number of hydrogen-bond donors (Lipinski definition) is 1. The standard InChI is InChI=1S/C16H17F3N4O2/c1-9-2-3-23(9)15-11(6-20)12(16(17,18)19)5-13(21-15)22-7-10(8-22)4-14(24)25/h5,9-10H,2-4,7-8H2,1H3,(H,24,25)/t9-/m1/s1. The molecule has 2 fully saturated rings. The summed E-state index contributed by atoms with van der Waals surface area (Å²) in [5, 5.41) is 18.0. The zero-order valence-corrected chi connectivity index (χ0v) is 13.5. The molecule has 1 N–H and O–H groups in total. The predicted octanol–water partition coefficient (Wildman–Crippen LogP) is 2.48. The van der Waals surface area contributed by atoms with E-state index in [0.717, 1.165) is 12.5 Å². The van der Waals surface area contributed by atoms with Crippen molar-refractivity contribution in [2.24, 2.45) is 5.92 Å². The number of anilines is 2. The second-order valence-electron chi connectivity index (χ2n) is 6.54. The molecule has 2 aliphatic rings. The number of carbonyl (C=O) groups is 1. The SMILES string of the molecule is C[C@@H]1CCN1c1nc(N2CC(CC(=O)O)C2)cc(C(F)(F)F)c1C#N. The Balaban J connectivity index is 1.96. The first-order valence-electron chi connectivity index (χ1n) is 7.96. The molecule has 1 aromatic heterocycles. The first-order chi connectivity index (χ1) is 11.7. The highest BCUT2D eigenvalue weighted by Crippen LogP contribution is 2.40. The molecule has 0 bridgehead atoms. The van der Waals surface area contributed by atoms with Crippen molar-refractivity contribution < 1.29 is 23.1 Å². The maximum Gasteiger partial charge on any atom is 0.417 e. The van der Waals surface area contributed by atoms with Gasteiger partial charge in [0.25, 0.3) is 0 Å². The molecule has 1 atom stereocenters. The smallest absolute Gasteiger partial charge is 0.417 e. The van der Waals surface area contributed by atoms with Gasteiger partial charge >= 0.3 is 12.1 Å². The van der Waals surface area contributed by atoms with Crippen molar-refractivity contribution in [1.82, 2.24) is 4.98 Å². The molecule has 134 valence electrons. The summed E-state index contributed by atoms with van der Waals surface area (Å²) in [6.45, 7) is 3.12. The highest BCUT2D eigenvalue weighted by atomic mass is 19.4. The molecule has 9 heteroatoms. The lowest BCUT2D eigenvalue weighted by atomic mass is 9.96. The van der Waals surface area contributed by atoms with Gasteiger partial charge in [0, 0.05) is 31.6 Å². The van der Waals surface area contributed by atoms with Gasteiger partial charge in [-0.1, -0.05) is 0 Å². The molecular formula is C16H17F3N4O2. The van der Waals surface area contributed by atoms with E-state index < -0.39 is 23.3 Å². The molecule has 0 saturated carbocycles. The Morgan fingerprint density at radius 3 is 2.60 bits per heavy atom. The number of carboxylic acids is 1. The summed E-state index contributed by atoms with van der Waals surface area (Å²) < 4.78 is 40.3. The number of aliphatic carboxylic acids is 1. The van der Waals surface area contributed by atoms with Gasteiger partial charge in [-0.05, 0) is 19.4 Å². The van der Waals surface area contributed by atoms with Gasteiger partial charge in [0.2, 0.25) is 0 Å². The van der Waals surface area contributed by atoms with Crippen LogP contribution in [-0.2, 0) is 11.0 Å². The highest BCUT2D eigenvalue weighted by Gasteiger charge is 2.40. The van der Waals surface area contributed by atoms with Gasteiger partial charge in [-0.2, -0.15) is 18.4 Å². The third-order valence-electron chi connectivity index (χ3n) is 4.74. The predicted molar refractivity (Wildman–Crippen MR) is 83.3 cm³/mol. The van der Waals surface area contributed by atoms with Crippen LogP contribution < -0.4 is 9.80 Å². The Kier molecular flexibility index (Phi) is 4.22. The van der Waals surface area contributed by atoms with Crippen LogP contribution in [0.2, 0.25) is 0 Å². The van der Waals surface area contributed by atoms with Gasteiger partial charge in [0.15, 0.2) is 0 Å². The molecular weight excluding hydrogens is 337 g/mol. The minimum atomic E-state index is -4.66. The summed E-state index contributed by atoms with van der Waals surface area (Å²) in [7, 11) is 0. The number of aromatic nitrogens is 1. The summed E-state index contributed by atoms with van der Waals surface area (Å²) in [5.41, 5.74) is -1.44. The van der Waals surface area contributed by atoms with Crippen LogP contribution in [0.1, 0.15) is 30.9 Å². The topological polar surface area (TPSA) is 80.5 Å². The second-order valence-corrected chi connectivity index (χ2v) is 6.54. The Bertz CT molecular complexity index is 738. The fourth-order valence-corrected chi connectivity index (χ4v) is 3.19. The number of hydrogen-bond acceptors (Lipinski definition) is 5. The molecule has 2 aliphatic heterocycles. The summed E-state index contributed by atoms with van der Waals surface area (Å²) in [4.78, 5) is 18.3. The second kappa shape index (κ2) is 6.10. The number of pyridine rings is 1. The van der Waals surface area contributed by atoms with Crippen molar-refractivity contribution in [2.45, 2.75) is 32.0 Å². The fourth-order valence-electron chi connectivity index (χ4n) is 3.19. The first-order valence-corrected chi connectivity index (χ1v) is 7.96. The average molecular weight is 354 g/mol. The summed E-state index contributed by atoms with van der Waals surface area (Å²) in [6.07, 6.45) is -3.84. The third-order valence-corrected chi connectivity index (χ3v) is 4.74. The molecule has 1 aromatic rings. The number of halogens is 3. The van der Waals surface area contributed by atoms with Crippen LogP contribution in [0.5, 0.6) is 0 Å². The minimum absolute atomic E-state index is 0.0189. The van der Waals surface area contributed by atoms with Crippen molar-refractivity contribution in [3.63, 3.8) is 0 Å². The van der Waals surface area contributed by atoms with Crippen LogP contribution in [0.3, 0.4) is 0 Å². The monoisotopic (exact) mass is 354 g/mol. The van der Waals surface area contributed by atoms with E-state index in [2.05, 4.69) is 4.98 Å². The molecule has 3 rings (SSSR count). The first kappa shape index (κ1) is 17.3. The Labute approximate surface area is 142 Å². The third kappa shape index (κ3) is 3.21. The summed E-state index contributed by atoms with van der Waals surface area (Å²) in [5.74, 6) is -0.825. The van der Waals surface area contributed by atoms with Gasteiger partial charge in [0.1, 0.15) is 23.3 Å². The summed E-state index contributed by atoms with van der Waals surface area (Å²) >= 11 is 0. The lowest BCUT2D eigenvalue weighted by Gasteiger charge is -2.43. The van der Waals surface area contributed by atoms with E-state index in [1.165, 1.54) is 0 Å². The number of alkyl halides is 3. The lowest BCUT2D eigenvalue weighted by molar-refractivity contribution is -0.138. The number of carboxylic acid groups (broad SMARTS) is 1. The molecule has 3 heterocycles. The van der Waals surface area contributed by atoms with E-state index >= 15 is 0 Å². The Hall–Kier alpha value is -2.50. The van der Waals surface area contributed by atoms with Crippen LogP contribution in [0.4, 0.5) is 24.8 Å². The number of nitrogens with zero attached hydrogens (tertiary/aromatic N) is 4. The van der Waals surface area contributed by atoms with Crippen LogP contribution >= 0.6 is 0 Å². The quantitative estimate of drug-likeness (QED) is 0.895. The van der Waals surface area contributed by atoms with E-state index in [1.54, 1.807) is 15.9 Å². The molecule has 0 unspecified atom stereocenters. The Morgan fingerprint density at radius 1 is 1.48 bits per heavy atom. The van der Waals surface area contributed by atoms with Crippen molar-refractivity contribution in [3.05, 3.63) is 17.2 Å². The molecule has 0 radical (unpaired) electrons. The van der Waals surface area contributed by atoms with E-state index in [1.807, 2.05) is 6.92 Å². The molecule has 25 heavy (non-hydrogen) atoms. The van der Waals surface area contributed by atoms with Crippen LogP contribution in [0.25, 0.3) is 0 Å². The van der Waals surface area contributed by atoms with E-state index in [4.69, 9.17) is 5.11 Å². The van der Waals surface area contributed by atoms with Crippen LogP contribution in [-0.4, -0.2) is 41.7 Å². The largest absolute Gasteiger partial charge is 0.481 e. The molecule has 6 nitrogen and oxygen atoms in total.